The van der Waals surface area contributed by atoms with Crippen LogP contribution in [0.3, 0.4) is 0 Å². The highest BCUT2D eigenvalue weighted by atomic mass is 16.6. The van der Waals surface area contributed by atoms with Crippen LogP contribution in [0.4, 0.5) is 4.79 Å². The van der Waals surface area contributed by atoms with Crippen molar-refractivity contribution in [2.24, 2.45) is 0 Å². The third-order valence-electron chi connectivity index (χ3n) is 3.37. The molecule has 19 heavy (non-hydrogen) atoms. The lowest BCUT2D eigenvalue weighted by Crippen LogP contribution is -2.54. The number of piperidine rings is 1. The van der Waals surface area contributed by atoms with Gasteiger partial charge in [-0.1, -0.05) is 0 Å². The van der Waals surface area contributed by atoms with Gasteiger partial charge in [0.05, 0.1) is 0 Å². The summed E-state index contributed by atoms with van der Waals surface area (Å²) < 4.78 is 5.22. The monoisotopic (exact) mass is 274 g/mol. The second-order valence-electron chi connectivity index (χ2n) is 6.03. The Morgan fingerprint density at radius 3 is 2.26 bits per heavy atom. The number of rotatable bonds is 2. The third-order valence-corrected chi connectivity index (χ3v) is 3.37. The predicted molar refractivity (Wildman–Crippen MR) is 68.4 cm³/mol. The van der Waals surface area contributed by atoms with Crippen molar-refractivity contribution < 1.29 is 19.6 Å². The van der Waals surface area contributed by atoms with Crippen molar-refractivity contribution in [3.63, 3.8) is 0 Å². The van der Waals surface area contributed by atoms with Crippen molar-refractivity contribution in [1.29, 1.82) is 0 Å². The zero-order valence-corrected chi connectivity index (χ0v) is 11.9. The SMILES string of the molecule is CC([N+](=O)[O-])C1(O)CCN(C(=O)OC(C)(C)C)CC1. The molecule has 0 saturated carbocycles. The van der Waals surface area contributed by atoms with E-state index < -0.39 is 28.3 Å². The van der Waals surface area contributed by atoms with Crippen molar-refractivity contribution in [2.75, 3.05) is 13.1 Å². The second-order valence-corrected chi connectivity index (χ2v) is 6.03. The maximum absolute atomic E-state index is 11.8. The van der Waals surface area contributed by atoms with E-state index in [1.807, 2.05) is 0 Å². The first-order valence-electron chi connectivity index (χ1n) is 6.39. The van der Waals surface area contributed by atoms with Gasteiger partial charge in [0.2, 0.25) is 6.04 Å². The Balaban J connectivity index is 2.58. The number of nitrogens with zero attached hydrogens (tertiary/aromatic N) is 2. The normalized spacial score (nSPS) is 20.8. The van der Waals surface area contributed by atoms with Crippen LogP contribution in [-0.4, -0.2) is 51.4 Å². The van der Waals surface area contributed by atoms with E-state index in [4.69, 9.17) is 4.74 Å². The lowest BCUT2D eigenvalue weighted by Gasteiger charge is -2.38. The van der Waals surface area contributed by atoms with E-state index in [2.05, 4.69) is 0 Å². The molecule has 110 valence electrons. The summed E-state index contributed by atoms with van der Waals surface area (Å²) in [6.07, 6.45) is -0.0636. The van der Waals surface area contributed by atoms with Crippen LogP contribution in [0.25, 0.3) is 0 Å². The van der Waals surface area contributed by atoms with Crippen LogP contribution >= 0.6 is 0 Å². The highest BCUT2D eigenvalue weighted by Gasteiger charge is 2.45. The van der Waals surface area contributed by atoms with Crippen LogP contribution < -0.4 is 0 Å². The highest BCUT2D eigenvalue weighted by Crippen LogP contribution is 2.28. The fourth-order valence-electron chi connectivity index (χ4n) is 2.02. The Morgan fingerprint density at radius 1 is 1.42 bits per heavy atom. The molecule has 1 saturated heterocycles. The molecule has 1 amide bonds. The maximum atomic E-state index is 11.8. The number of aliphatic hydroxyl groups is 1. The Morgan fingerprint density at radius 2 is 1.89 bits per heavy atom. The number of amides is 1. The first kappa shape index (κ1) is 15.7. The molecule has 7 heteroatoms. The molecule has 1 atom stereocenters. The van der Waals surface area contributed by atoms with Gasteiger partial charge in [0.25, 0.3) is 0 Å². The molecule has 0 aromatic heterocycles. The summed E-state index contributed by atoms with van der Waals surface area (Å²) in [6, 6.07) is -1.03. The number of likely N-dealkylation sites (tertiary alicyclic amines) is 1. The molecule has 0 aromatic rings. The van der Waals surface area contributed by atoms with Gasteiger partial charge in [-0.25, -0.2) is 4.79 Å². The van der Waals surface area contributed by atoms with Crippen molar-refractivity contribution in [1.82, 2.24) is 4.90 Å². The zero-order valence-electron chi connectivity index (χ0n) is 11.9. The number of hydrogen-bond donors (Lipinski definition) is 1. The van der Waals surface area contributed by atoms with Gasteiger partial charge in [0.15, 0.2) is 0 Å². The second kappa shape index (κ2) is 5.32. The van der Waals surface area contributed by atoms with Crippen LogP contribution in [0, 0.1) is 10.1 Å². The molecule has 1 aliphatic rings. The highest BCUT2D eigenvalue weighted by molar-refractivity contribution is 5.68. The summed E-state index contributed by atoms with van der Waals surface area (Å²) >= 11 is 0. The molecule has 7 nitrogen and oxygen atoms in total. The fraction of sp³-hybridized carbons (Fsp3) is 0.917. The number of ether oxygens (including phenoxy) is 1. The molecular formula is C12H22N2O5. The van der Waals surface area contributed by atoms with Gasteiger partial charge in [-0.2, -0.15) is 0 Å². The van der Waals surface area contributed by atoms with E-state index in [-0.39, 0.29) is 25.9 Å². The summed E-state index contributed by atoms with van der Waals surface area (Å²) in [5.41, 5.74) is -1.92. The van der Waals surface area contributed by atoms with Crippen molar-refractivity contribution in [2.45, 2.75) is 57.8 Å². The molecule has 0 radical (unpaired) electrons. The van der Waals surface area contributed by atoms with E-state index in [1.165, 1.54) is 11.8 Å². The Kier molecular flexibility index (Phi) is 4.39. The smallest absolute Gasteiger partial charge is 0.410 e. The quantitative estimate of drug-likeness (QED) is 0.607. The average Bonchev–Trinajstić information content (AvgIpc) is 2.26. The number of nitro groups is 1. The molecule has 0 aromatic carbocycles. The predicted octanol–water partition coefficient (Wildman–Crippen LogP) is 1.41. The molecule has 1 heterocycles. The maximum Gasteiger partial charge on any atom is 0.410 e. The molecule has 0 spiro atoms. The molecule has 0 bridgehead atoms. The van der Waals surface area contributed by atoms with Gasteiger partial charge in [-0.3, -0.25) is 10.1 Å². The summed E-state index contributed by atoms with van der Waals surface area (Å²) in [5, 5.41) is 21.0. The number of carbonyl (C=O) groups is 1. The van der Waals surface area contributed by atoms with E-state index >= 15 is 0 Å². The standard InChI is InChI=1S/C12H22N2O5/c1-9(14(17)18)12(16)5-7-13(8-6-12)10(15)19-11(2,3)4/h9,16H,5-8H2,1-4H3. The van der Waals surface area contributed by atoms with Crippen LogP contribution in [0.15, 0.2) is 0 Å². The van der Waals surface area contributed by atoms with Crippen molar-refractivity contribution in [3.05, 3.63) is 10.1 Å². The molecule has 1 fully saturated rings. The Hall–Kier alpha value is -1.37. The fourth-order valence-corrected chi connectivity index (χ4v) is 2.02. The molecule has 0 aliphatic carbocycles. The molecule has 1 N–H and O–H groups in total. The first-order chi connectivity index (χ1) is 8.55. The van der Waals surface area contributed by atoms with E-state index in [1.54, 1.807) is 20.8 Å². The zero-order chi connectivity index (χ0) is 14.8. The molecular weight excluding hydrogens is 252 g/mol. The minimum absolute atomic E-state index is 0.189. The molecule has 1 rings (SSSR count). The van der Waals surface area contributed by atoms with Gasteiger partial charge in [0, 0.05) is 37.8 Å². The van der Waals surface area contributed by atoms with Crippen LogP contribution in [-0.2, 0) is 4.74 Å². The van der Waals surface area contributed by atoms with Crippen LogP contribution in [0.1, 0.15) is 40.5 Å². The Bertz CT molecular complexity index is 356. The summed E-state index contributed by atoms with van der Waals surface area (Å²) in [6.45, 7) is 7.26. The van der Waals surface area contributed by atoms with E-state index in [0.717, 1.165) is 0 Å². The van der Waals surface area contributed by atoms with Gasteiger partial charge in [-0.05, 0) is 20.8 Å². The lowest BCUT2D eigenvalue weighted by atomic mass is 9.85. The molecule has 1 unspecified atom stereocenters. The number of carbonyl (C=O) groups excluding carboxylic acids is 1. The Labute approximate surface area is 112 Å². The average molecular weight is 274 g/mol. The lowest BCUT2D eigenvalue weighted by molar-refractivity contribution is -0.542. The minimum atomic E-state index is -1.35. The first-order valence-corrected chi connectivity index (χ1v) is 6.39. The van der Waals surface area contributed by atoms with Crippen LogP contribution in [0.2, 0.25) is 0 Å². The summed E-state index contributed by atoms with van der Waals surface area (Å²) in [7, 11) is 0. The summed E-state index contributed by atoms with van der Waals surface area (Å²) in [4.78, 5) is 23.6. The largest absolute Gasteiger partial charge is 0.444 e. The van der Waals surface area contributed by atoms with Crippen molar-refractivity contribution >= 4 is 6.09 Å². The van der Waals surface area contributed by atoms with E-state index in [9.17, 15) is 20.0 Å². The topological polar surface area (TPSA) is 92.9 Å². The van der Waals surface area contributed by atoms with Gasteiger partial charge in [-0.15, -0.1) is 0 Å². The van der Waals surface area contributed by atoms with Crippen molar-refractivity contribution in [3.8, 4) is 0 Å². The summed E-state index contributed by atoms with van der Waals surface area (Å²) in [5.74, 6) is 0. The van der Waals surface area contributed by atoms with Gasteiger partial charge >= 0.3 is 6.09 Å². The van der Waals surface area contributed by atoms with E-state index in [0.29, 0.717) is 0 Å². The van der Waals surface area contributed by atoms with Gasteiger partial charge in [0.1, 0.15) is 11.2 Å². The minimum Gasteiger partial charge on any atom is -0.444 e. The van der Waals surface area contributed by atoms with Gasteiger partial charge < -0.3 is 14.7 Å². The van der Waals surface area contributed by atoms with Crippen LogP contribution in [0.5, 0.6) is 0 Å². The third kappa shape index (κ3) is 4.05. The number of hydrogen-bond acceptors (Lipinski definition) is 5. The molecule has 1 aliphatic heterocycles.